The molecule has 4 rings (SSSR count). The largest absolute Gasteiger partial charge is 0.353 e. The lowest BCUT2D eigenvalue weighted by Gasteiger charge is -2.28. The van der Waals surface area contributed by atoms with Crippen molar-refractivity contribution in [1.29, 1.82) is 0 Å². The van der Waals surface area contributed by atoms with Gasteiger partial charge in [0.25, 0.3) is 0 Å². The highest BCUT2D eigenvalue weighted by molar-refractivity contribution is 7.99. The van der Waals surface area contributed by atoms with Crippen LogP contribution in [-0.4, -0.2) is 32.5 Å². The summed E-state index contributed by atoms with van der Waals surface area (Å²) >= 11 is 1.47. The molecular weight excluding hydrogens is 356 g/mol. The number of carbonyl (C=O) groups excluding carboxylic acids is 1. The molecule has 144 valence electrons. The Kier molecular flexibility index (Phi) is 5.53. The number of hydrogen-bond acceptors (Lipinski definition) is 4. The maximum absolute atomic E-state index is 12.5. The molecule has 2 saturated carbocycles. The fourth-order valence-corrected chi connectivity index (χ4v) is 5.65. The number of aromatic nitrogens is 3. The van der Waals surface area contributed by atoms with E-state index in [4.69, 9.17) is 0 Å². The molecule has 1 N–H and O–H groups in total. The maximum atomic E-state index is 12.5. The summed E-state index contributed by atoms with van der Waals surface area (Å²) in [6, 6.07) is 10.5. The number of amides is 1. The lowest BCUT2D eigenvalue weighted by atomic mass is 9.84. The van der Waals surface area contributed by atoms with E-state index in [0.29, 0.717) is 11.7 Å². The average Bonchev–Trinajstić information content (AvgIpc) is 3.38. The normalized spacial score (nSPS) is 24.9. The molecule has 1 aromatic heterocycles. The quantitative estimate of drug-likeness (QED) is 0.740. The van der Waals surface area contributed by atoms with Crippen LogP contribution in [0.3, 0.4) is 0 Å². The average molecular weight is 385 g/mol. The second-order valence-electron chi connectivity index (χ2n) is 8.09. The minimum atomic E-state index is 0.0992. The molecule has 1 aromatic carbocycles. The number of aryl methyl sites for hydroxylation is 1. The van der Waals surface area contributed by atoms with Crippen molar-refractivity contribution in [3.05, 3.63) is 41.7 Å². The minimum Gasteiger partial charge on any atom is -0.353 e. The van der Waals surface area contributed by atoms with Crippen molar-refractivity contribution in [1.82, 2.24) is 20.1 Å². The van der Waals surface area contributed by atoms with E-state index in [1.807, 2.05) is 25.1 Å². The van der Waals surface area contributed by atoms with Crippen molar-refractivity contribution >= 4 is 17.7 Å². The second kappa shape index (κ2) is 8.05. The van der Waals surface area contributed by atoms with Crippen LogP contribution >= 0.6 is 11.8 Å². The third kappa shape index (κ3) is 4.21. The zero-order valence-corrected chi connectivity index (χ0v) is 16.9. The molecule has 5 nitrogen and oxygen atoms in total. The highest BCUT2D eigenvalue weighted by Gasteiger charge is 2.42. The number of nitrogens with zero attached hydrogens (tertiary/aromatic N) is 3. The van der Waals surface area contributed by atoms with Gasteiger partial charge in [0.1, 0.15) is 5.82 Å². The third-order valence-electron chi connectivity index (χ3n) is 6.24. The molecule has 2 aliphatic carbocycles. The zero-order chi connectivity index (χ0) is 18.8. The standard InChI is InChI=1S/C21H28N4OS/c1-14(19-11-17-8-9-18(19)10-17)22-20(26)13-27-21-24-23-15(2)25(21)12-16-6-4-3-5-7-16/h3-7,14,17-19H,8-13H2,1-2H3,(H,22,26)/t14-,17-,18-,19+/m1/s1. The SMILES string of the molecule is Cc1nnc(SCC(=O)N[C@H](C)[C@@H]2C[C@@H]3CC[C@@H]2C3)n1Cc1ccccc1. The minimum absolute atomic E-state index is 0.0992. The first-order chi connectivity index (χ1) is 13.1. The van der Waals surface area contributed by atoms with Crippen LogP contribution in [0.15, 0.2) is 35.5 Å². The van der Waals surface area contributed by atoms with E-state index in [1.165, 1.54) is 43.0 Å². The second-order valence-corrected chi connectivity index (χ2v) is 9.03. The lowest BCUT2D eigenvalue weighted by Crippen LogP contribution is -2.40. The number of carbonyl (C=O) groups is 1. The van der Waals surface area contributed by atoms with E-state index >= 15 is 0 Å². The van der Waals surface area contributed by atoms with Gasteiger partial charge in [-0.05, 0) is 56.4 Å². The molecule has 0 saturated heterocycles. The Balaban J connectivity index is 1.31. The Morgan fingerprint density at radius 1 is 1.26 bits per heavy atom. The maximum Gasteiger partial charge on any atom is 0.230 e. The monoisotopic (exact) mass is 384 g/mol. The first-order valence-electron chi connectivity index (χ1n) is 9.96. The van der Waals surface area contributed by atoms with Crippen LogP contribution in [0.25, 0.3) is 0 Å². The summed E-state index contributed by atoms with van der Waals surface area (Å²) in [4.78, 5) is 12.5. The van der Waals surface area contributed by atoms with E-state index in [0.717, 1.165) is 29.4 Å². The van der Waals surface area contributed by atoms with Gasteiger partial charge in [0, 0.05) is 6.04 Å². The summed E-state index contributed by atoms with van der Waals surface area (Å²) in [5, 5.41) is 12.5. The van der Waals surface area contributed by atoms with Crippen LogP contribution in [-0.2, 0) is 11.3 Å². The summed E-state index contributed by atoms with van der Waals surface area (Å²) in [7, 11) is 0. The number of nitrogens with one attached hydrogen (secondary N) is 1. The van der Waals surface area contributed by atoms with Crippen molar-refractivity contribution in [2.75, 3.05) is 5.75 Å². The van der Waals surface area contributed by atoms with Gasteiger partial charge < -0.3 is 9.88 Å². The van der Waals surface area contributed by atoms with Crippen molar-refractivity contribution in [2.24, 2.45) is 17.8 Å². The van der Waals surface area contributed by atoms with Crippen LogP contribution in [0.1, 0.15) is 44.0 Å². The smallest absolute Gasteiger partial charge is 0.230 e. The molecule has 6 heteroatoms. The van der Waals surface area contributed by atoms with Gasteiger partial charge in [0.05, 0.1) is 12.3 Å². The molecule has 1 amide bonds. The van der Waals surface area contributed by atoms with Crippen LogP contribution in [0, 0.1) is 24.7 Å². The molecule has 2 aliphatic rings. The Labute approximate surface area is 165 Å². The number of thioether (sulfide) groups is 1. The molecule has 1 heterocycles. The van der Waals surface area contributed by atoms with E-state index in [2.05, 4.69) is 39.1 Å². The first-order valence-corrected chi connectivity index (χ1v) is 10.9. The predicted octanol–water partition coefficient (Wildman–Crippen LogP) is 3.67. The van der Waals surface area contributed by atoms with Gasteiger partial charge in [-0.2, -0.15) is 0 Å². The molecule has 0 spiro atoms. The van der Waals surface area contributed by atoms with Gasteiger partial charge >= 0.3 is 0 Å². The summed E-state index contributed by atoms with van der Waals surface area (Å²) in [6.07, 6.45) is 5.42. The van der Waals surface area contributed by atoms with E-state index in [-0.39, 0.29) is 11.9 Å². The summed E-state index contributed by atoms with van der Waals surface area (Å²) in [5.74, 6) is 3.77. The highest BCUT2D eigenvalue weighted by Crippen LogP contribution is 2.49. The Hall–Kier alpha value is -1.82. The van der Waals surface area contributed by atoms with E-state index in [9.17, 15) is 4.79 Å². The number of fused-ring (bicyclic) bond motifs is 2. The third-order valence-corrected chi connectivity index (χ3v) is 7.21. The molecule has 0 aliphatic heterocycles. The molecule has 2 aromatic rings. The topological polar surface area (TPSA) is 59.8 Å². The lowest BCUT2D eigenvalue weighted by molar-refractivity contribution is -0.119. The first kappa shape index (κ1) is 18.5. The van der Waals surface area contributed by atoms with Crippen molar-refractivity contribution in [3.63, 3.8) is 0 Å². The predicted molar refractivity (Wildman–Crippen MR) is 108 cm³/mol. The van der Waals surface area contributed by atoms with Crippen molar-refractivity contribution < 1.29 is 4.79 Å². The zero-order valence-electron chi connectivity index (χ0n) is 16.1. The molecule has 27 heavy (non-hydrogen) atoms. The molecule has 4 atom stereocenters. The van der Waals surface area contributed by atoms with Crippen LogP contribution in [0.2, 0.25) is 0 Å². The fraction of sp³-hybridized carbons (Fsp3) is 0.571. The molecule has 0 radical (unpaired) electrons. The summed E-state index contributed by atoms with van der Waals surface area (Å²) in [5.41, 5.74) is 1.21. The van der Waals surface area contributed by atoms with Crippen LogP contribution in [0.4, 0.5) is 0 Å². The molecule has 2 bridgehead atoms. The molecular formula is C21H28N4OS. The van der Waals surface area contributed by atoms with Crippen molar-refractivity contribution in [2.45, 2.75) is 57.3 Å². The van der Waals surface area contributed by atoms with E-state index < -0.39 is 0 Å². The van der Waals surface area contributed by atoms with Crippen LogP contribution < -0.4 is 5.32 Å². The number of hydrogen-bond donors (Lipinski definition) is 1. The van der Waals surface area contributed by atoms with Gasteiger partial charge in [0.15, 0.2) is 5.16 Å². The number of benzene rings is 1. The van der Waals surface area contributed by atoms with Gasteiger partial charge in [-0.15, -0.1) is 10.2 Å². The summed E-state index contributed by atoms with van der Waals surface area (Å²) < 4.78 is 2.08. The highest BCUT2D eigenvalue weighted by atomic mass is 32.2. The van der Waals surface area contributed by atoms with Crippen molar-refractivity contribution in [3.8, 4) is 0 Å². The summed E-state index contributed by atoms with van der Waals surface area (Å²) in [6.45, 7) is 4.86. The number of rotatable bonds is 7. The Morgan fingerprint density at radius 3 is 2.78 bits per heavy atom. The van der Waals surface area contributed by atoms with Gasteiger partial charge in [-0.1, -0.05) is 48.5 Å². The van der Waals surface area contributed by atoms with E-state index in [1.54, 1.807) is 0 Å². The Morgan fingerprint density at radius 2 is 2.07 bits per heavy atom. The van der Waals surface area contributed by atoms with Gasteiger partial charge in [-0.25, -0.2) is 0 Å². The van der Waals surface area contributed by atoms with Gasteiger partial charge in [0.2, 0.25) is 5.91 Å². The molecule has 2 fully saturated rings. The fourth-order valence-electron chi connectivity index (χ4n) is 4.86. The van der Waals surface area contributed by atoms with Crippen LogP contribution in [0.5, 0.6) is 0 Å². The Bertz CT molecular complexity index is 791. The van der Waals surface area contributed by atoms with Gasteiger partial charge in [-0.3, -0.25) is 4.79 Å². The molecule has 0 unspecified atom stereocenters.